The summed E-state index contributed by atoms with van der Waals surface area (Å²) in [6, 6.07) is 0. The second kappa shape index (κ2) is 4.44. The lowest BCUT2D eigenvalue weighted by Gasteiger charge is -2.22. The van der Waals surface area contributed by atoms with Gasteiger partial charge in [-0.2, -0.15) is 0 Å². The number of likely N-dealkylation sites (tertiary alicyclic amines) is 1. The second-order valence-corrected chi connectivity index (χ2v) is 5.96. The van der Waals surface area contributed by atoms with Gasteiger partial charge in [0.25, 0.3) is 0 Å². The highest BCUT2D eigenvalue weighted by molar-refractivity contribution is 5.79. The second-order valence-electron chi connectivity index (χ2n) is 5.96. The molecule has 1 saturated heterocycles. The third-order valence-electron chi connectivity index (χ3n) is 2.96. The first-order valence-corrected chi connectivity index (χ1v) is 5.71. The summed E-state index contributed by atoms with van der Waals surface area (Å²) in [6.07, 6.45) is 0.478. The highest BCUT2D eigenvalue weighted by atomic mass is 16.4. The molecule has 1 rings (SSSR count). The first-order valence-electron chi connectivity index (χ1n) is 5.71. The third-order valence-corrected chi connectivity index (χ3v) is 2.96. The molecule has 4 heteroatoms. The lowest BCUT2D eigenvalue weighted by atomic mass is 9.92. The van der Waals surface area contributed by atoms with E-state index in [0.717, 1.165) is 0 Å². The van der Waals surface area contributed by atoms with Gasteiger partial charge in [-0.3, -0.25) is 9.59 Å². The Morgan fingerprint density at radius 1 is 1.31 bits per heavy atom. The van der Waals surface area contributed by atoms with Crippen molar-refractivity contribution in [2.75, 3.05) is 13.1 Å². The molecule has 1 amide bonds. The van der Waals surface area contributed by atoms with E-state index >= 15 is 0 Å². The first-order chi connectivity index (χ1) is 7.20. The van der Waals surface area contributed by atoms with Gasteiger partial charge < -0.3 is 10.0 Å². The van der Waals surface area contributed by atoms with Gasteiger partial charge in [-0.1, -0.05) is 27.7 Å². The summed E-state index contributed by atoms with van der Waals surface area (Å²) in [4.78, 5) is 24.5. The molecule has 16 heavy (non-hydrogen) atoms. The summed E-state index contributed by atoms with van der Waals surface area (Å²) in [5.41, 5.74) is -0.0400. The molecule has 1 heterocycles. The Morgan fingerprint density at radius 2 is 1.88 bits per heavy atom. The van der Waals surface area contributed by atoms with Gasteiger partial charge in [-0.15, -0.1) is 0 Å². The number of hydrogen-bond donors (Lipinski definition) is 1. The molecule has 92 valence electrons. The van der Waals surface area contributed by atoms with Crippen LogP contribution in [-0.2, 0) is 9.59 Å². The monoisotopic (exact) mass is 227 g/mol. The SMILES string of the molecule is CC1CN(C(=O)CC(C)(C)C)CC1C(=O)O. The van der Waals surface area contributed by atoms with Crippen molar-refractivity contribution in [3.8, 4) is 0 Å². The molecule has 4 nitrogen and oxygen atoms in total. The minimum Gasteiger partial charge on any atom is -0.481 e. The zero-order valence-electron chi connectivity index (χ0n) is 10.5. The Hall–Kier alpha value is -1.06. The Balaban J connectivity index is 2.58. The fourth-order valence-electron chi connectivity index (χ4n) is 2.06. The molecule has 0 bridgehead atoms. The van der Waals surface area contributed by atoms with Crippen LogP contribution in [0.3, 0.4) is 0 Å². The maximum atomic E-state index is 11.9. The van der Waals surface area contributed by atoms with Crippen molar-refractivity contribution < 1.29 is 14.7 Å². The number of nitrogens with zero attached hydrogens (tertiary/aromatic N) is 1. The number of hydrogen-bond acceptors (Lipinski definition) is 2. The molecule has 0 radical (unpaired) electrons. The lowest BCUT2D eigenvalue weighted by molar-refractivity contribution is -0.142. The molecule has 2 unspecified atom stereocenters. The predicted octanol–water partition coefficient (Wildman–Crippen LogP) is 1.60. The van der Waals surface area contributed by atoms with E-state index in [4.69, 9.17) is 5.11 Å². The molecule has 0 spiro atoms. The summed E-state index contributed by atoms with van der Waals surface area (Å²) < 4.78 is 0. The maximum Gasteiger partial charge on any atom is 0.308 e. The summed E-state index contributed by atoms with van der Waals surface area (Å²) >= 11 is 0. The summed E-state index contributed by atoms with van der Waals surface area (Å²) in [5.74, 6) is -1.06. The third kappa shape index (κ3) is 3.22. The molecule has 1 aliphatic rings. The normalized spacial score (nSPS) is 25.9. The van der Waals surface area contributed by atoms with Gasteiger partial charge >= 0.3 is 5.97 Å². The van der Waals surface area contributed by atoms with Gasteiger partial charge in [0.05, 0.1) is 5.92 Å². The Bertz CT molecular complexity index is 293. The van der Waals surface area contributed by atoms with Crippen molar-refractivity contribution in [2.45, 2.75) is 34.1 Å². The van der Waals surface area contributed by atoms with Gasteiger partial charge in [0.1, 0.15) is 0 Å². The summed E-state index contributed by atoms with van der Waals surface area (Å²) in [6.45, 7) is 8.87. The van der Waals surface area contributed by atoms with Crippen LogP contribution < -0.4 is 0 Å². The van der Waals surface area contributed by atoms with Gasteiger partial charge in [-0.05, 0) is 11.3 Å². The fraction of sp³-hybridized carbons (Fsp3) is 0.833. The van der Waals surface area contributed by atoms with Crippen molar-refractivity contribution in [1.29, 1.82) is 0 Å². The van der Waals surface area contributed by atoms with Gasteiger partial charge in [0.15, 0.2) is 0 Å². The molecule has 0 saturated carbocycles. The van der Waals surface area contributed by atoms with Crippen LogP contribution in [-0.4, -0.2) is 35.0 Å². The van der Waals surface area contributed by atoms with Crippen LogP contribution in [0.25, 0.3) is 0 Å². The van der Waals surface area contributed by atoms with Crippen LogP contribution in [0.15, 0.2) is 0 Å². The van der Waals surface area contributed by atoms with Crippen LogP contribution in [0, 0.1) is 17.3 Å². The molecule has 1 N–H and O–H groups in total. The molecule has 1 fully saturated rings. The van der Waals surface area contributed by atoms with Crippen LogP contribution >= 0.6 is 0 Å². The van der Waals surface area contributed by atoms with E-state index in [1.165, 1.54) is 0 Å². The van der Waals surface area contributed by atoms with E-state index in [1.807, 2.05) is 27.7 Å². The van der Waals surface area contributed by atoms with E-state index in [2.05, 4.69) is 0 Å². The van der Waals surface area contributed by atoms with Crippen LogP contribution in [0.4, 0.5) is 0 Å². The summed E-state index contributed by atoms with van der Waals surface area (Å²) in [7, 11) is 0. The molecule has 0 aliphatic carbocycles. The number of amides is 1. The standard InChI is InChI=1S/C12H21NO3/c1-8-6-13(7-9(8)11(15)16)10(14)5-12(2,3)4/h8-9H,5-7H2,1-4H3,(H,15,16). The van der Waals surface area contributed by atoms with Crippen molar-refractivity contribution in [2.24, 2.45) is 17.3 Å². The average Bonchev–Trinajstić information content (AvgIpc) is 2.44. The molecular formula is C12H21NO3. The minimum atomic E-state index is -0.793. The van der Waals surface area contributed by atoms with E-state index in [1.54, 1.807) is 4.90 Å². The maximum absolute atomic E-state index is 11.9. The zero-order valence-corrected chi connectivity index (χ0v) is 10.5. The average molecular weight is 227 g/mol. The topological polar surface area (TPSA) is 57.6 Å². The number of carboxylic acids is 1. The molecule has 0 aromatic heterocycles. The van der Waals surface area contributed by atoms with Crippen molar-refractivity contribution in [1.82, 2.24) is 4.90 Å². The minimum absolute atomic E-state index is 0.0400. The van der Waals surface area contributed by atoms with Crippen molar-refractivity contribution >= 4 is 11.9 Å². The lowest BCUT2D eigenvalue weighted by Crippen LogP contribution is -2.32. The summed E-state index contributed by atoms with van der Waals surface area (Å²) in [5, 5.41) is 8.98. The van der Waals surface area contributed by atoms with E-state index in [9.17, 15) is 9.59 Å². The van der Waals surface area contributed by atoms with Gasteiger partial charge in [0, 0.05) is 19.5 Å². The molecule has 0 aromatic rings. The number of carbonyl (C=O) groups is 2. The Morgan fingerprint density at radius 3 is 2.25 bits per heavy atom. The molecule has 1 aliphatic heterocycles. The first kappa shape index (κ1) is 13.0. The molecule has 2 atom stereocenters. The number of carboxylic acid groups (broad SMARTS) is 1. The number of carbonyl (C=O) groups excluding carboxylic acids is 1. The van der Waals surface area contributed by atoms with E-state index < -0.39 is 11.9 Å². The molecular weight excluding hydrogens is 206 g/mol. The van der Waals surface area contributed by atoms with Crippen LogP contribution in [0.1, 0.15) is 34.1 Å². The Labute approximate surface area is 96.6 Å². The van der Waals surface area contributed by atoms with Crippen LogP contribution in [0.5, 0.6) is 0 Å². The number of rotatable bonds is 2. The smallest absolute Gasteiger partial charge is 0.308 e. The zero-order chi connectivity index (χ0) is 12.5. The van der Waals surface area contributed by atoms with Crippen LogP contribution in [0.2, 0.25) is 0 Å². The van der Waals surface area contributed by atoms with Gasteiger partial charge in [0.2, 0.25) is 5.91 Å². The predicted molar refractivity (Wildman–Crippen MR) is 60.9 cm³/mol. The van der Waals surface area contributed by atoms with Crippen molar-refractivity contribution in [3.63, 3.8) is 0 Å². The highest BCUT2D eigenvalue weighted by Gasteiger charge is 2.37. The fourth-order valence-corrected chi connectivity index (χ4v) is 2.06. The van der Waals surface area contributed by atoms with E-state index in [0.29, 0.717) is 19.5 Å². The highest BCUT2D eigenvalue weighted by Crippen LogP contribution is 2.26. The van der Waals surface area contributed by atoms with Gasteiger partial charge in [-0.25, -0.2) is 0 Å². The quantitative estimate of drug-likeness (QED) is 0.779. The largest absolute Gasteiger partial charge is 0.481 e. The van der Waals surface area contributed by atoms with E-state index in [-0.39, 0.29) is 17.2 Å². The number of aliphatic carboxylic acids is 1. The Kier molecular flexibility index (Phi) is 3.61. The van der Waals surface area contributed by atoms with Crippen molar-refractivity contribution in [3.05, 3.63) is 0 Å². The molecule has 0 aromatic carbocycles.